The second kappa shape index (κ2) is 6.04. The van der Waals surface area contributed by atoms with E-state index in [0.717, 1.165) is 11.6 Å². The average molecular weight is 286 g/mol. The zero-order valence-electron chi connectivity index (χ0n) is 11.2. The lowest BCUT2D eigenvalue weighted by Gasteiger charge is -2.08. The molecule has 0 bridgehead atoms. The number of nitrogens with zero attached hydrogens (tertiary/aromatic N) is 1. The van der Waals surface area contributed by atoms with Gasteiger partial charge in [0.25, 0.3) is 5.69 Å². The molecule has 6 heteroatoms. The minimum Gasteiger partial charge on any atom is -0.478 e. The molecule has 0 aliphatic carbocycles. The minimum absolute atomic E-state index is 0.137. The first-order valence-corrected chi connectivity index (χ1v) is 6.33. The Hall–Kier alpha value is -2.89. The smallest absolute Gasteiger partial charge is 0.336 e. The summed E-state index contributed by atoms with van der Waals surface area (Å²) in [4.78, 5) is 21.5. The quantitative estimate of drug-likeness (QED) is 0.499. The highest BCUT2D eigenvalue weighted by molar-refractivity contribution is 5.90. The molecule has 21 heavy (non-hydrogen) atoms. The Morgan fingerprint density at radius 2 is 1.86 bits per heavy atom. The average Bonchev–Trinajstić information content (AvgIpc) is 2.46. The predicted octanol–water partition coefficient (Wildman–Crippen LogP) is 2.66. The number of nitro groups is 1. The number of anilines is 1. The molecule has 0 saturated carbocycles. The molecule has 2 aromatic carbocycles. The van der Waals surface area contributed by atoms with Gasteiger partial charge in [-0.15, -0.1) is 0 Å². The summed E-state index contributed by atoms with van der Waals surface area (Å²) in [6, 6.07) is 11.8. The van der Waals surface area contributed by atoms with E-state index < -0.39 is 10.9 Å². The van der Waals surface area contributed by atoms with Crippen molar-refractivity contribution in [3.05, 3.63) is 69.3 Å². The van der Waals surface area contributed by atoms with Crippen LogP contribution in [-0.2, 0) is 12.8 Å². The summed E-state index contributed by atoms with van der Waals surface area (Å²) in [7, 11) is 0. The fourth-order valence-electron chi connectivity index (χ4n) is 2.15. The number of aryl methyl sites for hydroxylation is 1. The van der Waals surface area contributed by atoms with Crippen LogP contribution >= 0.6 is 0 Å². The highest BCUT2D eigenvalue weighted by atomic mass is 16.6. The predicted molar refractivity (Wildman–Crippen MR) is 78.3 cm³/mol. The van der Waals surface area contributed by atoms with Gasteiger partial charge < -0.3 is 10.8 Å². The molecule has 0 saturated heterocycles. The van der Waals surface area contributed by atoms with Gasteiger partial charge in [-0.3, -0.25) is 10.1 Å². The van der Waals surface area contributed by atoms with Crippen molar-refractivity contribution >= 4 is 17.3 Å². The number of benzene rings is 2. The third-order valence-corrected chi connectivity index (χ3v) is 3.21. The first-order chi connectivity index (χ1) is 9.99. The van der Waals surface area contributed by atoms with E-state index in [1.165, 1.54) is 6.07 Å². The number of aromatic carboxylic acids is 1. The van der Waals surface area contributed by atoms with E-state index in [4.69, 9.17) is 10.8 Å². The van der Waals surface area contributed by atoms with Gasteiger partial charge in [-0.05, 0) is 24.5 Å². The van der Waals surface area contributed by atoms with Crippen molar-refractivity contribution in [3.8, 4) is 0 Å². The summed E-state index contributed by atoms with van der Waals surface area (Å²) in [6.45, 7) is 0. The number of carboxylic acids is 1. The van der Waals surface area contributed by atoms with Crippen LogP contribution in [0.2, 0.25) is 0 Å². The lowest BCUT2D eigenvalue weighted by molar-refractivity contribution is -0.385. The van der Waals surface area contributed by atoms with Crippen molar-refractivity contribution in [2.45, 2.75) is 12.8 Å². The maximum Gasteiger partial charge on any atom is 0.336 e. The van der Waals surface area contributed by atoms with Gasteiger partial charge in [0.2, 0.25) is 0 Å². The number of nitrogens with two attached hydrogens (primary N) is 1. The van der Waals surface area contributed by atoms with Gasteiger partial charge in [0.15, 0.2) is 0 Å². The van der Waals surface area contributed by atoms with Crippen molar-refractivity contribution in [3.63, 3.8) is 0 Å². The van der Waals surface area contributed by atoms with Crippen molar-refractivity contribution in [2.75, 3.05) is 5.73 Å². The normalized spacial score (nSPS) is 10.3. The molecule has 0 fully saturated rings. The number of hydrogen-bond donors (Lipinski definition) is 2. The van der Waals surface area contributed by atoms with Gasteiger partial charge in [0, 0.05) is 11.8 Å². The van der Waals surface area contributed by atoms with Gasteiger partial charge in [-0.1, -0.05) is 30.3 Å². The molecule has 2 rings (SSSR count). The minimum atomic E-state index is -1.24. The molecule has 2 aromatic rings. The largest absolute Gasteiger partial charge is 0.478 e. The molecule has 0 aromatic heterocycles. The van der Waals surface area contributed by atoms with E-state index in [1.807, 2.05) is 30.3 Å². The van der Waals surface area contributed by atoms with Crippen molar-refractivity contribution < 1.29 is 14.8 Å². The third-order valence-electron chi connectivity index (χ3n) is 3.21. The molecule has 3 N–H and O–H groups in total. The summed E-state index contributed by atoms with van der Waals surface area (Å²) in [6.07, 6.45) is 0.977. The lowest BCUT2D eigenvalue weighted by Crippen LogP contribution is -2.06. The number of nitro benzene ring substituents is 1. The summed E-state index contributed by atoms with van der Waals surface area (Å²) in [5.74, 6) is -1.24. The van der Waals surface area contributed by atoms with E-state index in [2.05, 4.69) is 0 Å². The van der Waals surface area contributed by atoms with Gasteiger partial charge in [-0.2, -0.15) is 0 Å². The fraction of sp³-hybridized carbons (Fsp3) is 0.133. The van der Waals surface area contributed by atoms with Crippen molar-refractivity contribution in [1.82, 2.24) is 0 Å². The lowest BCUT2D eigenvalue weighted by atomic mass is 9.99. The van der Waals surface area contributed by atoms with Crippen molar-refractivity contribution in [1.29, 1.82) is 0 Å². The SMILES string of the molecule is Nc1cc(C(=O)O)cc([N+](=O)[O-])c1CCc1ccccc1. The zero-order valence-corrected chi connectivity index (χ0v) is 11.2. The summed E-state index contributed by atoms with van der Waals surface area (Å²) >= 11 is 0. The first kappa shape index (κ1) is 14.5. The van der Waals surface area contributed by atoms with Crippen LogP contribution in [0.15, 0.2) is 42.5 Å². The Morgan fingerprint density at radius 1 is 1.19 bits per heavy atom. The van der Waals surface area contributed by atoms with Gasteiger partial charge in [0.1, 0.15) is 0 Å². The first-order valence-electron chi connectivity index (χ1n) is 6.33. The van der Waals surface area contributed by atoms with E-state index in [-0.39, 0.29) is 16.9 Å². The standard InChI is InChI=1S/C15H14N2O4/c16-13-8-11(15(18)19)9-14(17(20)21)12(13)7-6-10-4-2-1-3-5-10/h1-5,8-9H,6-7,16H2,(H,18,19). The van der Waals surface area contributed by atoms with Gasteiger partial charge in [-0.25, -0.2) is 4.79 Å². The van der Waals surface area contributed by atoms with E-state index in [0.29, 0.717) is 18.4 Å². The molecule has 108 valence electrons. The summed E-state index contributed by atoms with van der Waals surface area (Å²) < 4.78 is 0. The highest BCUT2D eigenvalue weighted by Crippen LogP contribution is 2.28. The van der Waals surface area contributed by atoms with Crippen LogP contribution in [0.25, 0.3) is 0 Å². The molecular formula is C15H14N2O4. The number of carbonyl (C=O) groups is 1. The van der Waals surface area contributed by atoms with Crippen molar-refractivity contribution in [2.24, 2.45) is 0 Å². The van der Waals surface area contributed by atoms with Crippen LogP contribution in [0.3, 0.4) is 0 Å². The maximum absolute atomic E-state index is 11.1. The van der Waals surface area contributed by atoms with Crippen LogP contribution in [0.4, 0.5) is 11.4 Å². The molecule has 0 atom stereocenters. The van der Waals surface area contributed by atoms with E-state index >= 15 is 0 Å². The van der Waals surface area contributed by atoms with E-state index in [9.17, 15) is 14.9 Å². The monoisotopic (exact) mass is 286 g/mol. The van der Waals surface area contributed by atoms with E-state index in [1.54, 1.807) is 0 Å². The van der Waals surface area contributed by atoms with Crippen LogP contribution in [0.1, 0.15) is 21.5 Å². The van der Waals surface area contributed by atoms with Crippen LogP contribution < -0.4 is 5.73 Å². The Kier molecular flexibility index (Phi) is 4.18. The van der Waals surface area contributed by atoms with Crippen LogP contribution in [-0.4, -0.2) is 16.0 Å². The fourth-order valence-corrected chi connectivity index (χ4v) is 2.15. The molecule has 6 nitrogen and oxygen atoms in total. The Morgan fingerprint density at radius 3 is 2.43 bits per heavy atom. The van der Waals surface area contributed by atoms with Gasteiger partial charge in [0.05, 0.1) is 16.1 Å². The zero-order chi connectivity index (χ0) is 15.4. The Bertz CT molecular complexity index is 684. The Balaban J connectivity index is 2.34. The molecule has 0 unspecified atom stereocenters. The van der Waals surface area contributed by atoms with Gasteiger partial charge >= 0.3 is 5.97 Å². The second-order valence-electron chi connectivity index (χ2n) is 4.61. The number of nitrogen functional groups attached to an aromatic ring is 1. The molecule has 0 aliphatic heterocycles. The molecule has 0 spiro atoms. The molecular weight excluding hydrogens is 272 g/mol. The molecule has 0 aliphatic rings. The molecule has 0 amide bonds. The molecule has 0 heterocycles. The molecule has 0 radical (unpaired) electrons. The number of carboxylic acid groups (broad SMARTS) is 1. The second-order valence-corrected chi connectivity index (χ2v) is 4.61. The Labute approximate surface area is 121 Å². The number of rotatable bonds is 5. The number of hydrogen-bond acceptors (Lipinski definition) is 4. The van der Waals surface area contributed by atoms with Crippen LogP contribution in [0, 0.1) is 10.1 Å². The summed E-state index contributed by atoms with van der Waals surface area (Å²) in [5.41, 5.74) is 6.91. The summed E-state index contributed by atoms with van der Waals surface area (Å²) in [5, 5.41) is 20.1. The van der Waals surface area contributed by atoms with Crippen LogP contribution in [0.5, 0.6) is 0 Å². The highest BCUT2D eigenvalue weighted by Gasteiger charge is 2.20. The maximum atomic E-state index is 11.1. The topological polar surface area (TPSA) is 106 Å². The third kappa shape index (κ3) is 3.36.